The molecule has 1 N–H and O–H groups in total. The second-order valence-electron chi connectivity index (χ2n) is 6.93. The molecule has 0 saturated carbocycles. The Morgan fingerprint density at radius 3 is 2.68 bits per heavy atom. The van der Waals surface area contributed by atoms with Crippen molar-refractivity contribution in [3.8, 4) is 5.75 Å². The van der Waals surface area contributed by atoms with Gasteiger partial charge in [-0.25, -0.2) is 9.38 Å². The van der Waals surface area contributed by atoms with Gasteiger partial charge in [0.2, 0.25) is 0 Å². The number of rotatable bonds is 5. The molecular weight excluding hydrogens is 526 g/mol. The van der Waals surface area contributed by atoms with Crippen molar-refractivity contribution in [3.63, 3.8) is 0 Å². The zero-order chi connectivity index (χ0) is 21.8. The minimum atomic E-state index is -0.282. The van der Waals surface area contributed by atoms with Gasteiger partial charge in [-0.1, -0.05) is 35.9 Å². The number of benzene rings is 3. The van der Waals surface area contributed by atoms with Crippen molar-refractivity contribution >= 4 is 57.2 Å². The standard InChI is InChI=1S/C24H18FIN2O2S/c1-15-5-8-19(9-6-15)27-24-28-23(29)22(31-24)13-16-7-10-21(20(26)12-16)30-14-17-3-2-4-18(25)11-17/h2-13H,14H2,1H3,(H,27,28,29)/b22-13+. The van der Waals surface area contributed by atoms with Crippen molar-refractivity contribution in [3.05, 3.63) is 97.7 Å². The molecule has 0 radical (unpaired) electrons. The Kier molecular flexibility index (Phi) is 6.72. The van der Waals surface area contributed by atoms with Crippen molar-refractivity contribution in [2.75, 3.05) is 0 Å². The van der Waals surface area contributed by atoms with Crippen LogP contribution >= 0.6 is 34.4 Å². The molecular formula is C24H18FIN2O2S. The molecule has 1 aliphatic heterocycles. The number of amidine groups is 1. The lowest BCUT2D eigenvalue weighted by molar-refractivity contribution is -0.115. The summed E-state index contributed by atoms with van der Waals surface area (Å²) in [6.07, 6.45) is 1.83. The van der Waals surface area contributed by atoms with Crippen LogP contribution in [0.1, 0.15) is 16.7 Å². The quantitative estimate of drug-likeness (QED) is 0.307. The number of thioether (sulfide) groups is 1. The molecule has 4 nitrogen and oxygen atoms in total. The SMILES string of the molecule is Cc1ccc(N=C2NC(=O)/C(=C\c3ccc(OCc4cccc(F)c4)c(I)c3)S2)cc1. The number of halogens is 2. The summed E-state index contributed by atoms with van der Waals surface area (Å²) < 4.78 is 20.0. The molecule has 1 aliphatic rings. The third kappa shape index (κ3) is 5.74. The van der Waals surface area contributed by atoms with Gasteiger partial charge in [0, 0.05) is 0 Å². The predicted octanol–water partition coefficient (Wildman–Crippen LogP) is 6.21. The molecule has 1 fully saturated rings. The summed E-state index contributed by atoms with van der Waals surface area (Å²) in [6.45, 7) is 2.30. The average molecular weight is 544 g/mol. The first kappa shape index (κ1) is 21.6. The van der Waals surface area contributed by atoms with Gasteiger partial charge >= 0.3 is 0 Å². The van der Waals surface area contributed by atoms with Crippen LogP contribution in [-0.4, -0.2) is 11.1 Å². The first-order valence-corrected chi connectivity index (χ1v) is 11.4. The Bertz CT molecular complexity index is 1190. The Morgan fingerprint density at radius 2 is 1.94 bits per heavy atom. The molecule has 3 aromatic rings. The Morgan fingerprint density at radius 1 is 1.13 bits per heavy atom. The summed E-state index contributed by atoms with van der Waals surface area (Å²) in [5, 5.41) is 3.36. The summed E-state index contributed by atoms with van der Waals surface area (Å²) in [5.41, 5.74) is 3.60. The molecule has 4 rings (SSSR count). The number of nitrogens with one attached hydrogen (secondary N) is 1. The van der Waals surface area contributed by atoms with Crippen LogP contribution in [0.5, 0.6) is 5.75 Å². The summed E-state index contributed by atoms with van der Waals surface area (Å²) in [7, 11) is 0. The van der Waals surface area contributed by atoms with Crippen LogP contribution in [0.3, 0.4) is 0 Å². The van der Waals surface area contributed by atoms with Gasteiger partial charge in [0.15, 0.2) is 5.17 Å². The van der Waals surface area contributed by atoms with Crippen molar-refractivity contribution in [1.82, 2.24) is 5.32 Å². The van der Waals surface area contributed by atoms with Crippen molar-refractivity contribution in [1.29, 1.82) is 0 Å². The van der Waals surface area contributed by atoms with Crippen LogP contribution in [0, 0.1) is 16.3 Å². The third-order valence-corrected chi connectivity index (χ3v) is 6.21. The van der Waals surface area contributed by atoms with Crippen LogP contribution in [0.2, 0.25) is 0 Å². The van der Waals surface area contributed by atoms with E-state index >= 15 is 0 Å². The second-order valence-corrected chi connectivity index (χ2v) is 9.12. The van der Waals surface area contributed by atoms with Crippen molar-refractivity contribution in [2.24, 2.45) is 4.99 Å². The van der Waals surface area contributed by atoms with Gasteiger partial charge in [-0.3, -0.25) is 4.79 Å². The zero-order valence-electron chi connectivity index (χ0n) is 16.6. The van der Waals surface area contributed by atoms with Crippen LogP contribution in [-0.2, 0) is 11.4 Å². The number of carbonyl (C=O) groups excluding carboxylic acids is 1. The van der Waals surface area contributed by atoms with E-state index in [4.69, 9.17) is 4.74 Å². The van der Waals surface area contributed by atoms with E-state index in [0.29, 0.717) is 15.8 Å². The third-order valence-electron chi connectivity index (χ3n) is 4.45. The molecule has 156 valence electrons. The lowest BCUT2D eigenvalue weighted by Gasteiger charge is -2.09. The van der Waals surface area contributed by atoms with E-state index in [9.17, 15) is 9.18 Å². The predicted molar refractivity (Wildman–Crippen MR) is 132 cm³/mol. The summed E-state index contributed by atoms with van der Waals surface area (Å²) in [4.78, 5) is 17.4. The molecule has 0 spiro atoms. The van der Waals surface area contributed by atoms with E-state index in [1.807, 2.05) is 61.5 Å². The molecule has 3 aromatic carbocycles. The average Bonchev–Trinajstić information content (AvgIpc) is 3.08. The molecule has 1 heterocycles. The van der Waals surface area contributed by atoms with Crippen LogP contribution in [0.4, 0.5) is 10.1 Å². The zero-order valence-corrected chi connectivity index (χ0v) is 19.5. The number of hydrogen-bond donors (Lipinski definition) is 1. The Labute approximate surface area is 197 Å². The van der Waals surface area contributed by atoms with E-state index in [2.05, 4.69) is 32.9 Å². The van der Waals surface area contributed by atoms with Crippen LogP contribution in [0.15, 0.2) is 76.6 Å². The fourth-order valence-electron chi connectivity index (χ4n) is 2.88. The highest BCUT2D eigenvalue weighted by molar-refractivity contribution is 14.1. The molecule has 0 bridgehead atoms. The molecule has 0 aliphatic carbocycles. The minimum absolute atomic E-state index is 0.169. The van der Waals surface area contributed by atoms with E-state index in [0.717, 1.165) is 25.9 Å². The highest BCUT2D eigenvalue weighted by atomic mass is 127. The molecule has 31 heavy (non-hydrogen) atoms. The van der Waals surface area contributed by atoms with E-state index in [-0.39, 0.29) is 18.3 Å². The Balaban J connectivity index is 1.45. The van der Waals surface area contributed by atoms with E-state index < -0.39 is 0 Å². The van der Waals surface area contributed by atoms with Crippen LogP contribution < -0.4 is 10.1 Å². The van der Waals surface area contributed by atoms with Gasteiger partial charge in [0.05, 0.1) is 14.2 Å². The molecule has 0 atom stereocenters. The highest BCUT2D eigenvalue weighted by Crippen LogP contribution is 2.30. The fourth-order valence-corrected chi connectivity index (χ4v) is 4.42. The number of hydrogen-bond acceptors (Lipinski definition) is 4. The lowest BCUT2D eigenvalue weighted by Crippen LogP contribution is -2.19. The fraction of sp³-hybridized carbons (Fsp3) is 0.0833. The monoisotopic (exact) mass is 544 g/mol. The Hall–Kier alpha value is -2.65. The summed E-state index contributed by atoms with van der Waals surface area (Å²) >= 11 is 3.50. The van der Waals surface area contributed by atoms with E-state index in [1.54, 1.807) is 6.07 Å². The first-order valence-electron chi connectivity index (χ1n) is 9.49. The summed E-state index contributed by atoms with van der Waals surface area (Å²) in [6, 6.07) is 19.8. The topological polar surface area (TPSA) is 50.7 Å². The molecule has 1 saturated heterocycles. The van der Waals surface area contributed by atoms with Gasteiger partial charge < -0.3 is 10.1 Å². The number of carbonyl (C=O) groups is 1. The van der Waals surface area contributed by atoms with Gasteiger partial charge in [-0.05, 0) is 94.9 Å². The van der Waals surface area contributed by atoms with Gasteiger partial charge in [0.1, 0.15) is 18.2 Å². The number of nitrogens with zero attached hydrogens (tertiary/aromatic N) is 1. The largest absolute Gasteiger partial charge is 0.488 e. The maximum absolute atomic E-state index is 13.3. The van der Waals surface area contributed by atoms with E-state index in [1.165, 1.54) is 23.9 Å². The molecule has 0 unspecified atom stereocenters. The number of amides is 1. The minimum Gasteiger partial charge on any atom is -0.488 e. The first-order chi connectivity index (χ1) is 15.0. The maximum atomic E-state index is 13.3. The molecule has 0 aromatic heterocycles. The summed E-state index contributed by atoms with van der Waals surface area (Å²) in [5.74, 6) is 0.254. The second kappa shape index (κ2) is 9.65. The molecule has 7 heteroatoms. The van der Waals surface area contributed by atoms with Crippen molar-refractivity contribution < 1.29 is 13.9 Å². The van der Waals surface area contributed by atoms with Crippen LogP contribution in [0.25, 0.3) is 6.08 Å². The number of ether oxygens (including phenoxy) is 1. The lowest BCUT2D eigenvalue weighted by atomic mass is 10.2. The van der Waals surface area contributed by atoms with Gasteiger partial charge in [-0.2, -0.15) is 0 Å². The normalized spacial score (nSPS) is 16.0. The van der Waals surface area contributed by atoms with Gasteiger partial charge in [-0.15, -0.1) is 0 Å². The number of aryl methyl sites for hydroxylation is 1. The smallest absolute Gasteiger partial charge is 0.264 e. The molecule has 1 amide bonds. The maximum Gasteiger partial charge on any atom is 0.264 e. The number of aliphatic imine (C=N–C) groups is 1. The highest BCUT2D eigenvalue weighted by Gasteiger charge is 2.23. The van der Waals surface area contributed by atoms with Crippen molar-refractivity contribution in [2.45, 2.75) is 13.5 Å². The van der Waals surface area contributed by atoms with Gasteiger partial charge in [0.25, 0.3) is 5.91 Å².